The SMILES string of the molecule is CC(=O)c1ccc(N2CCN(S(=O)(=O)c3ccc(-c4cnc(C)o4)cc3)CC2)cc1. The molecule has 0 spiro atoms. The molecule has 1 aliphatic heterocycles. The average Bonchev–Trinajstić information content (AvgIpc) is 3.20. The Morgan fingerprint density at radius 3 is 2.13 bits per heavy atom. The molecule has 0 atom stereocenters. The molecule has 2 aromatic carbocycles. The van der Waals surface area contributed by atoms with Crippen molar-refractivity contribution in [3.63, 3.8) is 0 Å². The van der Waals surface area contributed by atoms with Gasteiger partial charge in [0.05, 0.1) is 11.1 Å². The van der Waals surface area contributed by atoms with Crippen molar-refractivity contribution in [3.05, 3.63) is 66.2 Å². The molecular formula is C22H23N3O4S. The number of carbonyl (C=O) groups excluding carboxylic acids is 1. The largest absolute Gasteiger partial charge is 0.441 e. The third-order valence-electron chi connectivity index (χ3n) is 5.28. The van der Waals surface area contributed by atoms with Crippen LogP contribution in [0, 0.1) is 6.92 Å². The molecule has 8 heteroatoms. The average molecular weight is 426 g/mol. The first-order valence-electron chi connectivity index (χ1n) is 9.73. The van der Waals surface area contributed by atoms with Crippen LogP contribution in [-0.2, 0) is 10.0 Å². The van der Waals surface area contributed by atoms with E-state index in [2.05, 4.69) is 9.88 Å². The van der Waals surface area contributed by atoms with Crippen molar-refractivity contribution in [1.29, 1.82) is 0 Å². The first-order chi connectivity index (χ1) is 14.3. The fourth-order valence-corrected chi connectivity index (χ4v) is 4.95. The molecule has 1 saturated heterocycles. The van der Waals surface area contributed by atoms with Gasteiger partial charge in [0.25, 0.3) is 0 Å². The topological polar surface area (TPSA) is 83.7 Å². The van der Waals surface area contributed by atoms with E-state index >= 15 is 0 Å². The number of piperazine rings is 1. The van der Waals surface area contributed by atoms with Gasteiger partial charge in [0, 0.05) is 49.9 Å². The van der Waals surface area contributed by atoms with Gasteiger partial charge in [-0.15, -0.1) is 0 Å². The van der Waals surface area contributed by atoms with Gasteiger partial charge in [0.1, 0.15) is 0 Å². The zero-order chi connectivity index (χ0) is 21.3. The summed E-state index contributed by atoms with van der Waals surface area (Å²) in [6, 6.07) is 14.1. The van der Waals surface area contributed by atoms with Gasteiger partial charge in [-0.2, -0.15) is 4.31 Å². The second kappa shape index (κ2) is 8.04. The van der Waals surface area contributed by atoms with Gasteiger partial charge in [-0.3, -0.25) is 4.79 Å². The number of hydrogen-bond donors (Lipinski definition) is 0. The van der Waals surface area contributed by atoms with Gasteiger partial charge in [-0.1, -0.05) is 0 Å². The summed E-state index contributed by atoms with van der Waals surface area (Å²) in [6.07, 6.45) is 1.63. The van der Waals surface area contributed by atoms with Gasteiger partial charge in [-0.05, 0) is 55.5 Å². The van der Waals surface area contributed by atoms with Gasteiger partial charge in [0.15, 0.2) is 17.4 Å². The van der Waals surface area contributed by atoms with E-state index in [1.54, 1.807) is 49.5 Å². The number of Topliss-reactive ketones (excluding diaryl/α,β-unsaturated/α-hetero) is 1. The summed E-state index contributed by atoms with van der Waals surface area (Å²) in [6.45, 7) is 5.29. The number of anilines is 1. The van der Waals surface area contributed by atoms with Crippen LogP contribution in [0.4, 0.5) is 5.69 Å². The van der Waals surface area contributed by atoms with Crippen LogP contribution in [0.1, 0.15) is 23.2 Å². The number of benzene rings is 2. The maximum atomic E-state index is 13.0. The Labute approximate surface area is 176 Å². The van der Waals surface area contributed by atoms with Crippen LogP contribution < -0.4 is 4.90 Å². The molecule has 4 rings (SSSR count). The summed E-state index contributed by atoms with van der Waals surface area (Å²) >= 11 is 0. The summed E-state index contributed by atoms with van der Waals surface area (Å²) in [5.74, 6) is 1.21. The maximum Gasteiger partial charge on any atom is 0.243 e. The number of aryl methyl sites for hydroxylation is 1. The molecule has 0 N–H and O–H groups in total. The minimum Gasteiger partial charge on any atom is -0.441 e. The number of rotatable bonds is 5. The normalized spacial score (nSPS) is 15.3. The summed E-state index contributed by atoms with van der Waals surface area (Å²) in [5.41, 5.74) is 2.45. The van der Waals surface area contributed by atoms with E-state index in [9.17, 15) is 13.2 Å². The predicted octanol–water partition coefficient (Wildman–Crippen LogP) is 3.36. The maximum absolute atomic E-state index is 13.0. The monoisotopic (exact) mass is 425 g/mol. The van der Waals surface area contributed by atoms with Gasteiger partial charge >= 0.3 is 0 Å². The highest BCUT2D eigenvalue weighted by Gasteiger charge is 2.28. The second-order valence-corrected chi connectivity index (χ2v) is 9.20. The van der Waals surface area contributed by atoms with Crippen LogP contribution in [0.2, 0.25) is 0 Å². The summed E-state index contributed by atoms with van der Waals surface area (Å²) in [4.78, 5) is 17.9. The standard InChI is InChI=1S/C22H23N3O4S/c1-16(26)18-3-7-20(8-4-18)24-11-13-25(14-12-24)30(27,28)21-9-5-19(6-10-21)22-15-23-17(2)29-22/h3-10,15H,11-14H2,1-2H3. The molecule has 1 aromatic heterocycles. The molecule has 1 fully saturated rings. The third kappa shape index (κ3) is 4.01. The van der Waals surface area contributed by atoms with Gasteiger partial charge in [-0.25, -0.2) is 13.4 Å². The Balaban J connectivity index is 1.44. The van der Waals surface area contributed by atoms with E-state index in [1.807, 2.05) is 12.1 Å². The van der Waals surface area contributed by atoms with E-state index in [0.29, 0.717) is 43.4 Å². The van der Waals surface area contributed by atoms with Crippen molar-refractivity contribution in [1.82, 2.24) is 9.29 Å². The summed E-state index contributed by atoms with van der Waals surface area (Å²) in [5, 5.41) is 0. The molecular weight excluding hydrogens is 402 g/mol. The Morgan fingerprint density at radius 2 is 1.60 bits per heavy atom. The molecule has 2 heterocycles. The van der Waals surface area contributed by atoms with Gasteiger partial charge in [0.2, 0.25) is 10.0 Å². The zero-order valence-corrected chi connectivity index (χ0v) is 17.7. The minimum absolute atomic E-state index is 0.0296. The van der Waals surface area contributed by atoms with E-state index in [4.69, 9.17) is 4.42 Å². The molecule has 3 aromatic rings. The molecule has 0 amide bonds. The van der Waals surface area contributed by atoms with Crippen LogP contribution in [0.3, 0.4) is 0 Å². The Kier molecular flexibility index (Phi) is 5.44. The molecule has 0 radical (unpaired) electrons. The highest BCUT2D eigenvalue weighted by Crippen LogP contribution is 2.25. The number of carbonyl (C=O) groups is 1. The van der Waals surface area contributed by atoms with E-state index < -0.39 is 10.0 Å². The summed E-state index contributed by atoms with van der Waals surface area (Å²) in [7, 11) is -3.56. The van der Waals surface area contributed by atoms with Crippen molar-refractivity contribution in [2.45, 2.75) is 18.7 Å². The van der Waals surface area contributed by atoms with Crippen LogP contribution in [0.15, 0.2) is 64.0 Å². The van der Waals surface area contributed by atoms with Crippen molar-refractivity contribution in [2.24, 2.45) is 0 Å². The minimum atomic E-state index is -3.56. The number of oxazole rings is 1. The van der Waals surface area contributed by atoms with E-state index in [1.165, 1.54) is 11.2 Å². The lowest BCUT2D eigenvalue weighted by atomic mass is 10.1. The number of sulfonamides is 1. The Hall–Kier alpha value is -2.97. The lowest BCUT2D eigenvalue weighted by Gasteiger charge is -2.35. The second-order valence-electron chi connectivity index (χ2n) is 7.26. The quantitative estimate of drug-likeness (QED) is 0.583. The lowest BCUT2D eigenvalue weighted by Crippen LogP contribution is -2.48. The van der Waals surface area contributed by atoms with Crippen molar-refractivity contribution >= 4 is 21.5 Å². The molecule has 1 aliphatic rings. The molecule has 7 nitrogen and oxygen atoms in total. The first-order valence-corrected chi connectivity index (χ1v) is 11.2. The van der Waals surface area contributed by atoms with Crippen molar-refractivity contribution in [2.75, 3.05) is 31.1 Å². The summed E-state index contributed by atoms with van der Waals surface area (Å²) < 4.78 is 33.1. The Morgan fingerprint density at radius 1 is 0.967 bits per heavy atom. The fraction of sp³-hybridized carbons (Fsp3) is 0.273. The Bertz CT molecular complexity index is 1140. The van der Waals surface area contributed by atoms with Crippen LogP contribution in [0.25, 0.3) is 11.3 Å². The van der Waals surface area contributed by atoms with Gasteiger partial charge < -0.3 is 9.32 Å². The van der Waals surface area contributed by atoms with E-state index in [-0.39, 0.29) is 10.7 Å². The molecule has 0 saturated carbocycles. The number of hydrogen-bond acceptors (Lipinski definition) is 6. The van der Waals surface area contributed by atoms with Crippen molar-refractivity contribution in [3.8, 4) is 11.3 Å². The fourth-order valence-electron chi connectivity index (χ4n) is 3.53. The molecule has 0 bridgehead atoms. The molecule has 156 valence electrons. The highest BCUT2D eigenvalue weighted by molar-refractivity contribution is 7.89. The predicted molar refractivity (Wildman–Crippen MR) is 114 cm³/mol. The van der Waals surface area contributed by atoms with Crippen molar-refractivity contribution < 1.29 is 17.6 Å². The number of nitrogens with zero attached hydrogens (tertiary/aromatic N) is 3. The molecule has 0 unspecified atom stereocenters. The smallest absolute Gasteiger partial charge is 0.243 e. The zero-order valence-electron chi connectivity index (χ0n) is 16.9. The molecule has 0 aliphatic carbocycles. The van der Waals surface area contributed by atoms with Crippen LogP contribution in [0.5, 0.6) is 0 Å². The number of ketones is 1. The number of aromatic nitrogens is 1. The van der Waals surface area contributed by atoms with Crippen LogP contribution >= 0.6 is 0 Å². The van der Waals surface area contributed by atoms with E-state index in [0.717, 1.165) is 11.3 Å². The third-order valence-corrected chi connectivity index (χ3v) is 7.19. The molecule has 30 heavy (non-hydrogen) atoms. The highest BCUT2D eigenvalue weighted by atomic mass is 32.2. The first kappa shape index (κ1) is 20.3. The lowest BCUT2D eigenvalue weighted by molar-refractivity contribution is 0.101. The van der Waals surface area contributed by atoms with Crippen LogP contribution in [-0.4, -0.2) is 49.7 Å².